The smallest absolute Gasteiger partial charge is 0.272 e. The van der Waals surface area contributed by atoms with Gasteiger partial charge in [-0.1, -0.05) is 20.8 Å². The Morgan fingerprint density at radius 1 is 1.24 bits per heavy atom. The molecule has 1 aromatic rings. The summed E-state index contributed by atoms with van der Waals surface area (Å²) >= 11 is 0. The van der Waals surface area contributed by atoms with Crippen molar-refractivity contribution in [2.24, 2.45) is 5.41 Å². The fourth-order valence-electron chi connectivity index (χ4n) is 3.37. The molecule has 2 heterocycles. The van der Waals surface area contributed by atoms with Gasteiger partial charge in [-0.15, -0.1) is 0 Å². The monoisotopic (exact) mass is 347 g/mol. The van der Waals surface area contributed by atoms with E-state index in [-0.39, 0.29) is 17.2 Å². The summed E-state index contributed by atoms with van der Waals surface area (Å²) in [5.41, 5.74) is 1.07. The zero-order valence-corrected chi connectivity index (χ0v) is 15.8. The van der Waals surface area contributed by atoms with E-state index in [1.807, 2.05) is 20.8 Å². The van der Waals surface area contributed by atoms with Crippen LogP contribution in [0.5, 0.6) is 0 Å². The van der Waals surface area contributed by atoms with E-state index < -0.39 is 6.04 Å². The van der Waals surface area contributed by atoms with Crippen molar-refractivity contribution in [2.45, 2.75) is 58.7 Å². The third kappa shape index (κ3) is 3.56. The number of fused-ring (bicyclic) bond motifs is 1. The second-order valence-electron chi connectivity index (χ2n) is 8.32. The Morgan fingerprint density at radius 3 is 2.48 bits per heavy atom. The van der Waals surface area contributed by atoms with Gasteiger partial charge < -0.3 is 15.2 Å². The van der Waals surface area contributed by atoms with Crippen molar-refractivity contribution in [3.8, 4) is 0 Å². The van der Waals surface area contributed by atoms with E-state index in [9.17, 15) is 9.59 Å². The molecule has 138 valence electrons. The average molecular weight is 347 g/mol. The van der Waals surface area contributed by atoms with Crippen LogP contribution < -0.4 is 10.6 Å². The standard InChI is InChI=1S/C18H29N5O2/c1-18(2,3)14(17(25)19-4)21-16(24)13-12-10-22(5)8-9-23(12)15(20-13)11-6-7-11/h11,14H,6-10H2,1-5H3,(H,19,25)(H,21,24). The number of aromatic nitrogens is 2. The van der Waals surface area contributed by atoms with E-state index in [1.165, 1.54) is 0 Å². The van der Waals surface area contributed by atoms with Gasteiger partial charge >= 0.3 is 0 Å². The Morgan fingerprint density at radius 2 is 1.92 bits per heavy atom. The van der Waals surface area contributed by atoms with Gasteiger partial charge in [0.25, 0.3) is 5.91 Å². The summed E-state index contributed by atoms with van der Waals surface area (Å²) in [4.78, 5) is 32.1. The number of likely N-dealkylation sites (N-methyl/N-ethyl adjacent to an activating group) is 2. The maximum absolute atomic E-state index is 13.0. The maximum atomic E-state index is 13.0. The van der Waals surface area contributed by atoms with Gasteiger partial charge in [-0.05, 0) is 25.3 Å². The average Bonchev–Trinajstić information content (AvgIpc) is 3.31. The highest BCUT2D eigenvalue weighted by Gasteiger charge is 2.37. The number of amides is 2. The first-order valence-electron chi connectivity index (χ1n) is 9.02. The van der Waals surface area contributed by atoms with Crippen LogP contribution >= 0.6 is 0 Å². The number of rotatable bonds is 4. The normalized spacial score (nSPS) is 19.2. The Bertz CT molecular complexity index is 684. The highest BCUT2D eigenvalue weighted by atomic mass is 16.2. The molecule has 25 heavy (non-hydrogen) atoms. The second-order valence-corrected chi connectivity index (χ2v) is 8.32. The molecular weight excluding hydrogens is 318 g/mol. The highest BCUT2D eigenvalue weighted by Crippen LogP contribution is 2.40. The van der Waals surface area contributed by atoms with Crippen molar-refractivity contribution in [3.63, 3.8) is 0 Å². The van der Waals surface area contributed by atoms with Gasteiger partial charge in [-0.2, -0.15) is 0 Å². The van der Waals surface area contributed by atoms with E-state index >= 15 is 0 Å². The van der Waals surface area contributed by atoms with Crippen LogP contribution in [0.1, 0.15) is 61.5 Å². The summed E-state index contributed by atoms with van der Waals surface area (Å²) in [5, 5.41) is 5.56. The number of carbonyl (C=O) groups is 2. The Balaban J connectivity index is 1.90. The number of nitrogens with zero attached hydrogens (tertiary/aromatic N) is 3. The summed E-state index contributed by atoms with van der Waals surface area (Å²) in [6.07, 6.45) is 2.30. The van der Waals surface area contributed by atoms with Crippen molar-refractivity contribution in [2.75, 3.05) is 20.6 Å². The third-order valence-corrected chi connectivity index (χ3v) is 5.03. The molecule has 7 nitrogen and oxygen atoms in total. The van der Waals surface area contributed by atoms with Gasteiger partial charge in [0.05, 0.1) is 5.69 Å². The molecular formula is C18H29N5O2. The molecule has 2 aliphatic rings. The fourth-order valence-corrected chi connectivity index (χ4v) is 3.37. The van der Waals surface area contributed by atoms with Crippen LogP contribution in [-0.4, -0.2) is 52.9 Å². The second kappa shape index (κ2) is 6.44. The molecule has 0 radical (unpaired) electrons. The van der Waals surface area contributed by atoms with Gasteiger partial charge in [-0.25, -0.2) is 4.98 Å². The first-order valence-corrected chi connectivity index (χ1v) is 9.02. The van der Waals surface area contributed by atoms with Gasteiger partial charge in [0, 0.05) is 32.6 Å². The van der Waals surface area contributed by atoms with E-state index in [0.717, 1.165) is 37.4 Å². The largest absolute Gasteiger partial charge is 0.357 e. The molecule has 2 amide bonds. The molecule has 0 spiro atoms. The van der Waals surface area contributed by atoms with Gasteiger partial charge in [-0.3, -0.25) is 14.5 Å². The maximum Gasteiger partial charge on any atom is 0.272 e. The molecule has 1 saturated carbocycles. The number of hydrogen-bond acceptors (Lipinski definition) is 4. The third-order valence-electron chi connectivity index (χ3n) is 5.03. The molecule has 1 aliphatic heterocycles. The minimum atomic E-state index is -0.604. The zero-order valence-electron chi connectivity index (χ0n) is 15.8. The molecule has 2 N–H and O–H groups in total. The van der Waals surface area contributed by atoms with E-state index in [4.69, 9.17) is 4.98 Å². The molecule has 7 heteroatoms. The van der Waals surface area contributed by atoms with Crippen LogP contribution in [0.4, 0.5) is 0 Å². The van der Waals surface area contributed by atoms with Crippen LogP contribution in [0, 0.1) is 5.41 Å². The molecule has 1 unspecified atom stereocenters. The Kier molecular flexibility index (Phi) is 4.62. The van der Waals surface area contributed by atoms with Crippen LogP contribution in [0.2, 0.25) is 0 Å². The quantitative estimate of drug-likeness (QED) is 0.855. The van der Waals surface area contributed by atoms with Gasteiger partial charge in [0.2, 0.25) is 5.91 Å². The lowest BCUT2D eigenvalue weighted by Crippen LogP contribution is -2.53. The lowest BCUT2D eigenvalue weighted by molar-refractivity contribution is -0.124. The van der Waals surface area contributed by atoms with Gasteiger partial charge in [0.15, 0.2) is 5.69 Å². The highest BCUT2D eigenvalue weighted by molar-refractivity contribution is 5.97. The first-order chi connectivity index (χ1) is 11.7. The number of nitrogens with one attached hydrogen (secondary N) is 2. The lowest BCUT2D eigenvalue weighted by atomic mass is 9.86. The fraction of sp³-hybridized carbons (Fsp3) is 0.722. The van der Waals surface area contributed by atoms with Gasteiger partial charge in [0.1, 0.15) is 11.9 Å². The first kappa shape index (κ1) is 17.9. The van der Waals surface area contributed by atoms with E-state index in [2.05, 4.69) is 27.1 Å². The molecule has 0 saturated heterocycles. The summed E-state index contributed by atoms with van der Waals surface area (Å²) in [6.45, 7) is 8.38. The Labute approximate surface area is 149 Å². The van der Waals surface area contributed by atoms with E-state index in [0.29, 0.717) is 18.2 Å². The van der Waals surface area contributed by atoms with E-state index in [1.54, 1.807) is 7.05 Å². The summed E-state index contributed by atoms with van der Waals surface area (Å²) in [6, 6.07) is -0.604. The molecule has 1 aliphatic carbocycles. The van der Waals surface area contributed by atoms with Crippen molar-refractivity contribution >= 4 is 11.8 Å². The minimum absolute atomic E-state index is 0.187. The lowest BCUT2D eigenvalue weighted by Gasteiger charge is -2.30. The summed E-state index contributed by atoms with van der Waals surface area (Å²) in [5.74, 6) is 1.09. The van der Waals surface area contributed by atoms with Crippen molar-refractivity contribution in [1.29, 1.82) is 0 Å². The predicted molar refractivity (Wildman–Crippen MR) is 95.3 cm³/mol. The van der Waals surface area contributed by atoms with Crippen LogP contribution in [-0.2, 0) is 17.9 Å². The number of hydrogen-bond donors (Lipinski definition) is 2. The van der Waals surface area contributed by atoms with Crippen molar-refractivity contribution < 1.29 is 9.59 Å². The number of carbonyl (C=O) groups excluding carboxylic acids is 2. The van der Waals surface area contributed by atoms with Crippen LogP contribution in [0.15, 0.2) is 0 Å². The van der Waals surface area contributed by atoms with Crippen molar-refractivity contribution in [1.82, 2.24) is 25.1 Å². The van der Waals surface area contributed by atoms with Crippen LogP contribution in [0.25, 0.3) is 0 Å². The molecule has 0 bridgehead atoms. The molecule has 0 aromatic carbocycles. The SMILES string of the molecule is CNC(=O)C(NC(=O)c1nc(C2CC2)n2c1CN(C)CC2)C(C)(C)C. The summed E-state index contributed by atoms with van der Waals surface area (Å²) in [7, 11) is 3.64. The van der Waals surface area contributed by atoms with Crippen LogP contribution in [0.3, 0.4) is 0 Å². The number of imidazole rings is 1. The van der Waals surface area contributed by atoms with Crippen molar-refractivity contribution in [3.05, 3.63) is 17.2 Å². The minimum Gasteiger partial charge on any atom is -0.357 e. The topological polar surface area (TPSA) is 79.3 Å². The molecule has 3 rings (SSSR count). The summed E-state index contributed by atoms with van der Waals surface area (Å²) < 4.78 is 2.22. The molecule has 1 atom stereocenters. The Hall–Kier alpha value is -1.89. The molecule has 1 fully saturated rings. The predicted octanol–water partition coefficient (Wildman–Crippen LogP) is 1.10. The zero-order chi connectivity index (χ0) is 18.4. The molecule has 1 aromatic heterocycles.